The molecule has 0 spiro atoms. The van der Waals surface area contributed by atoms with Crippen molar-refractivity contribution in [3.63, 3.8) is 0 Å². The number of hydrogen-bond donors (Lipinski definition) is 1. The lowest BCUT2D eigenvalue weighted by molar-refractivity contribution is -0.130. The highest BCUT2D eigenvalue weighted by atomic mass is 32.1. The fraction of sp³-hybridized carbons (Fsp3) is 0.545. The summed E-state index contributed by atoms with van der Waals surface area (Å²) in [5.74, 6) is 0.336. The van der Waals surface area contributed by atoms with Gasteiger partial charge in [-0.05, 0) is 17.9 Å². The molecule has 1 aromatic rings. The highest BCUT2D eigenvalue weighted by Crippen LogP contribution is 2.33. The van der Waals surface area contributed by atoms with Crippen LogP contribution in [0.1, 0.15) is 23.8 Å². The number of piperazine rings is 1. The average molecular weight is 222 g/mol. The second-order valence-corrected chi connectivity index (χ2v) is 5.12. The van der Waals surface area contributed by atoms with Crippen molar-refractivity contribution in [1.82, 2.24) is 10.2 Å². The zero-order valence-electron chi connectivity index (χ0n) is 8.48. The molecule has 1 N–H and O–H groups in total. The van der Waals surface area contributed by atoms with E-state index >= 15 is 0 Å². The third kappa shape index (κ3) is 1.48. The van der Waals surface area contributed by atoms with E-state index in [1.807, 2.05) is 0 Å². The summed E-state index contributed by atoms with van der Waals surface area (Å²) in [6, 6.07) is 5.00. The van der Waals surface area contributed by atoms with Crippen LogP contribution in [0.2, 0.25) is 0 Å². The first-order valence-corrected chi connectivity index (χ1v) is 6.30. The first kappa shape index (κ1) is 9.36. The van der Waals surface area contributed by atoms with Gasteiger partial charge in [0.25, 0.3) is 0 Å². The Labute approximate surface area is 93.1 Å². The molecule has 2 saturated heterocycles. The van der Waals surface area contributed by atoms with Gasteiger partial charge >= 0.3 is 0 Å². The molecule has 3 nitrogen and oxygen atoms in total. The molecule has 2 atom stereocenters. The molecule has 2 aliphatic heterocycles. The van der Waals surface area contributed by atoms with Crippen molar-refractivity contribution in [1.29, 1.82) is 0 Å². The second-order valence-electron chi connectivity index (χ2n) is 4.14. The van der Waals surface area contributed by atoms with E-state index in [1.165, 1.54) is 4.88 Å². The third-order valence-electron chi connectivity index (χ3n) is 3.33. The van der Waals surface area contributed by atoms with Crippen molar-refractivity contribution >= 4 is 17.2 Å². The molecule has 2 fully saturated rings. The van der Waals surface area contributed by atoms with Crippen molar-refractivity contribution in [3.8, 4) is 0 Å². The lowest BCUT2D eigenvalue weighted by Crippen LogP contribution is -2.51. The molecule has 2 unspecified atom stereocenters. The minimum atomic E-state index is 0.336. The summed E-state index contributed by atoms with van der Waals surface area (Å²) in [5, 5.41) is 5.63. The summed E-state index contributed by atoms with van der Waals surface area (Å²) in [4.78, 5) is 15.0. The minimum Gasteiger partial charge on any atom is -0.336 e. The summed E-state index contributed by atoms with van der Waals surface area (Å²) in [5.41, 5.74) is 0. The Bertz CT molecular complexity index is 363. The molecule has 4 heteroatoms. The Morgan fingerprint density at radius 1 is 1.53 bits per heavy atom. The summed E-state index contributed by atoms with van der Waals surface area (Å²) in [6.45, 7) is 1.80. The molecule has 2 aliphatic rings. The van der Waals surface area contributed by atoms with Gasteiger partial charge in [-0.1, -0.05) is 6.07 Å². The Balaban J connectivity index is 1.88. The van der Waals surface area contributed by atoms with Crippen molar-refractivity contribution < 1.29 is 4.79 Å². The zero-order chi connectivity index (χ0) is 10.3. The number of nitrogens with one attached hydrogen (secondary N) is 1. The van der Waals surface area contributed by atoms with Gasteiger partial charge < -0.3 is 10.2 Å². The standard InChI is InChI=1S/C11H14N2OS/c14-10-4-3-8-11(9-2-1-7-15-9)12-5-6-13(8)10/h1-2,7-8,11-12H,3-6H2. The topological polar surface area (TPSA) is 32.3 Å². The van der Waals surface area contributed by atoms with E-state index in [1.54, 1.807) is 11.3 Å². The van der Waals surface area contributed by atoms with E-state index in [0.717, 1.165) is 25.9 Å². The number of amides is 1. The lowest BCUT2D eigenvalue weighted by atomic mass is 10.0. The predicted octanol–water partition coefficient (Wildman–Crippen LogP) is 1.38. The number of carbonyl (C=O) groups excluding carboxylic acids is 1. The zero-order valence-corrected chi connectivity index (χ0v) is 9.30. The minimum absolute atomic E-state index is 0.336. The molecule has 1 amide bonds. The van der Waals surface area contributed by atoms with E-state index < -0.39 is 0 Å². The van der Waals surface area contributed by atoms with Gasteiger partial charge in [-0.15, -0.1) is 11.3 Å². The van der Waals surface area contributed by atoms with Crippen LogP contribution in [0, 0.1) is 0 Å². The number of thiophene rings is 1. The molecule has 80 valence electrons. The lowest BCUT2D eigenvalue weighted by Gasteiger charge is -2.37. The van der Waals surface area contributed by atoms with E-state index in [-0.39, 0.29) is 0 Å². The number of hydrogen-bond acceptors (Lipinski definition) is 3. The largest absolute Gasteiger partial charge is 0.336 e. The molecule has 0 aliphatic carbocycles. The van der Waals surface area contributed by atoms with Gasteiger partial charge in [-0.2, -0.15) is 0 Å². The van der Waals surface area contributed by atoms with Crippen LogP contribution in [0.3, 0.4) is 0 Å². The SMILES string of the molecule is O=C1CCC2C(c3cccs3)NCCN12. The Morgan fingerprint density at radius 3 is 3.27 bits per heavy atom. The number of fused-ring (bicyclic) bond motifs is 1. The third-order valence-corrected chi connectivity index (χ3v) is 4.28. The fourth-order valence-corrected chi connectivity index (χ4v) is 3.49. The smallest absolute Gasteiger partial charge is 0.223 e. The van der Waals surface area contributed by atoms with Crippen LogP contribution in [0.25, 0.3) is 0 Å². The number of nitrogens with zero attached hydrogens (tertiary/aromatic N) is 1. The molecule has 1 aromatic heterocycles. The first-order chi connectivity index (χ1) is 7.36. The van der Waals surface area contributed by atoms with Crippen LogP contribution in [0.15, 0.2) is 17.5 Å². The first-order valence-electron chi connectivity index (χ1n) is 5.42. The molecular weight excluding hydrogens is 208 g/mol. The van der Waals surface area contributed by atoms with Crippen molar-refractivity contribution in [2.45, 2.75) is 24.9 Å². The fourth-order valence-electron chi connectivity index (χ4n) is 2.63. The van der Waals surface area contributed by atoms with Crippen molar-refractivity contribution in [2.24, 2.45) is 0 Å². The molecule has 0 radical (unpaired) electrons. The summed E-state index contributed by atoms with van der Waals surface area (Å²) < 4.78 is 0. The monoisotopic (exact) mass is 222 g/mol. The molecule has 0 aromatic carbocycles. The molecule has 15 heavy (non-hydrogen) atoms. The Hall–Kier alpha value is -0.870. The van der Waals surface area contributed by atoms with Gasteiger partial charge in [-0.25, -0.2) is 0 Å². The van der Waals surface area contributed by atoms with Gasteiger partial charge in [0.05, 0.1) is 12.1 Å². The quantitative estimate of drug-likeness (QED) is 0.778. The Morgan fingerprint density at radius 2 is 2.47 bits per heavy atom. The molecule has 0 bridgehead atoms. The Kier molecular flexibility index (Phi) is 2.25. The molecular formula is C11H14N2OS. The maximum atomic E-state index is 11.6. The van der Waals surface area contributed by atoms with Crippen LogP contribution in [0.4, 0.5) is 0 Å². The highest BCUT2D eigenvalue weighted by Gasteiger charge is 2.39. The van der Waals surface area contributed by atoms with Crippen LogP contribution < -0.4 is 5.32 Å². The average Bonchev–Trinajstić information content (AvgIpc) is 2.88. The molecule has 3 rings (SSSR count). The normalized spacial score (nSPS) is 30.7. The van der Waals surface area contributed by atoms with E-state index in [4.69, 9.17) is 0 Å². The molecule has 3 heterocycles. The summed E-state index contributed by atoms with van der Waals surface area (Å²) in [6.07, 6.45) is 1.74. The second kappa shape index (κ2) is 3.61. The van der Waals surface area contributed by atoms with Gasteiger partial charge in [0.2, 0.25) is 5.91 Å². The van der Waals surface area contributed by atoms with E-state index in [0.29, 0.717) is 18.0 Å². The van der Waals surface area contributed by atoms with E-state index in [2.05, 4.69) is 27.7 Å². The van der Waals surface area contributed by atoms with Crippen molar-refractivity contribution in [3.05, 3.63) is 22.4 Å². The van der Waals surface area contributed by atoms with Crippen molar-refractivity contribution in [2.75, 3.05) is 13.1 Å². The van der Waals surface area contributed by atoms with Gasteiger partial charge in [-0.3, -0.25) is 4.79 Å². The van der Waals surface area contributed by atoms with Crippen LogP contribution >= 0.6 is 11.3 Å². The van der Waals surface area contributed by atoms with Crippen LogP contribution in [-0.2, 0) is 4.79 Å². The van der Waals surface area contributed by atoms with Crippen LogP contribution in [-0.4, -0.2) is 29.9 Å². The van der Waals surface area contributed by atoms with Gasteiger partial charge in [0, 0.05) is 24.4 Å². The maximum Gasteiger partial charge on any atom is 0.223 e. The highest BCUT2D eigenvalue weighted by molar-refractivity contribution is 7.10. The maximum absolute atomic E-state index is 11.6. The van der Waals surface area contributed by atoms with Gasteiger partial charge in [0.15, 0.2) is 0 Å². The van der Waals surface area contributed by atoms with E-state index in [9.17, 15) is 4.79 Å². The van der Waals surface area contributed by atoms with Crippen LogP contribution in [0.5, 0.6) is 0 Å². The predicted molar refractivity (Wildman–Crippen MR) is 59.8 cm³/mol. The van der Waals surface area contributed by atoms with Gasteiger partial charge in [0.1, 0.15) is 0 Å². The number of rotatable bonds is 1. The molecule has 0 saturated carbocycles. The summed E-state index contributed by atoms with van der Waals surface area (Å²) in [7, 11) is 0. The summed E-state index contributed by atoms with van der Waals surface area (Å²) >= 11 is 1.78. The number of carbonyl (C=O) groups is 1.